The Morgan fingerprint density at radius 1 is 1.25 bits per heavy atom. The number of nitrogens with zero attached hydrogens (tertiary/aromatic N) is 2. The van der Waals surface area contributed by atoms with Crippen molar-refractivity contribution in [3.63, 3.8) is 0 Å². The van der Waals surface area contributed by atoms with E-state index in [1.165, 1.54) is 0 Å². The molecule has 1 heterocycles. The lowest BCUT2D eigenvalue weighted by molar-refractivity contribution is 0.0762. The Morgan fingerprint density at radius 3 is 2.80 bits per heavy atom. The monoisotopic (exact) mass is 314 g/mol. The van der Waals surface area contributed by atoms with Gasteiger partial charge in [0.15, 0.2) is 0 Å². The van der Waals surface area contributed by atoms with Crippen LogP contribution in [0.2, 0.25) is 5.02 Å². The summed E-state index contributed by atoms with van der Waals surface area (Å²) < 4.78 is 0. The maximum atomic E-state index is 12.6. The van der Waals surface area contributed by atoms with Crippen LogP contribution < -0.4 is 0 Å². The Bertz CT molecular complexity index is 479. The molecule has 1 aromatic carbocycles. The van der Waals surface area contributed by atoms with Crippen molar-refractivity contribution in [2.45, 2.75) is 13.3 Å². The van der Waals surface area contributed by atoms with E-state index in [1.807, 2.05) is 24.0 Å². The fourth-order valence-corrected chi connectivity index (χ4v) is 2.95. The number of carbonyl (C=O) groups excluding carboxylic acids is 1. The molecule has 0 saturated carbocycles. The SMILES string of the molecule is Cc1cccc(C(=O)N2CCCN(CCCl)CC2)c1Cl. The summed E-state index contributed by atoms with van der Waals surface area (Å²) in [6.07, 6.45) is 0.978. The van der Waals surface area contributed by atoms with Crippen molar-refractivity contribution in [3.05, 3.63) is 34.3 Å². The van der Waals surface area contributed by atoms with E-state index in [0.717, 1.165) is 44.7 Å². The summed E-state index contributed by atoms with van der Waals surface area (Å²) in [6.45, 7) is 6.19. The zero-order valence-corrected chi connectivity index (χ0v) is 13.3. The van der Waals surface area contributed by atoms with Gasteiger partial charge < -0.3 is 9.80 Å². The normalized spacial score (nSPS) is 17.1. The zero-order chi connectivity index (χ0) is 14.5. The van der Waals surface area contributed by atoms with Crippen LogP contribution in [0.4, 0.5) is 0 Å². The molecule has 0 unspecified atom stereocenters. The minimum Gasteiger partial charge on any atom is -0.337 e. The van der Waals surface area contributed by atoms with Gasteiger partial charge in [0, 0.05) is 32.1 Å². The number of hydrogen-bond donors (Lipinski definition) is 0. The van der Waals surface area contributed by atoms with Crippen molar-refractivity contribution >= 4 is 29.1 Å². The third kappa shape index (κ3) is 3.66. The average molecular weight is 315 g/mol. The highest BCUT2D eigenvalue weighted by Gasteiger charge is 2.22. The summed E-state index contributed by atoms with van der Waals surface area (Å²) >= 11 is 12.0. The molecule has 3 nitrogen and oxygen atoms in total. The maximum Gasteiger partial charge on any atom is 0.255 e. The minimum absolute atomic E-state index is 0.0337. The van der Waals surface area contributed by atoms with Gasteiger partial charge in [-0.25, -0.2) is 0 Å². The van der Waals surface area contributed by atoms with Gasteiger partial charge in [-0.05, 0) is 31.5 Å². The van der Waals surface area contributed by atoms with E-state index in [1.54, 1.807) is 6.07 Å². The van der Waals surface area contributed by atoms with Crippen molar-refractivity contribution in [1.29, 1.82) is 0 Å². The van der Waals surface area contributed by atoms with Crippen LogP contribution in [0.15, 0.2) is 18.2 Å². The van der Waals surface area contributed by atoms with E-state index in [9.17, 15) is 4.79 Å². The summed E-state index contributed by atoms with van der Waals surface area (Å²) in [5, 5.41) is 0.569. The van der Waals surface area contributed by atoms with Crippen LogP contribution >= 0.6 is 23.2 Å². The second-order valence-electron chi connectivity index (χ2n) is 5.11. The number of halogens is 2. The highest BCUT2D eigenvalue weighted by atomic mass is 35.5. The first-order chi connectivity index (χ1) is 9.63. The summed E-state index contributed by atoms with van der Waals surface area (Å²) in [6, 6.07) is 5.61. The lowest BCUT2D eigenvalue weighted by atomic mass is 10.1. The molecule has 1 aromatic rings. The van der Waals surface area contributed by atoms with Crippen molar-refractivity contribution in [2.75, 3.05) is 38.6 Å². The molecule has 1 saturated heterocycles. The smallest absolute Gasteiger partial charge is 0.255 e. The van der Waals surface area contributed by atoms with Gasteiger partial charge in [-0.15, -0.1) is 11.6 Å². The molecule has 0 spiro atoms. The van der Waals surface area contributed by atoms with Gasteiger partial charge in [-0.1, -0.05) is 23.7 Å². The van der Waals surface area contributed by atoms with Gasteiger partial charge in [0.25, 0.3) is 5.91 Å². The molecule has 0 atom stereocenters. The molecule has 0 N–H and O–H groups in total. The van der Waals surface area contributed by atoms with E-state index < -0.39 is 0 Å². The van der Waals surface area contributed by atoms with Crippen LogP contribution in [0.3, 0.4) is 0 Å². The number of carbonyl (C=O) groups is 1. The highest BCUT2D eigenvalue weighted by molar-refractivity contribution is 6.34. The molecule has 5 heteroatoms. The molecule has 0 aliphatic carbocycles. The molecule has 0 bridgehead atoms. The first-order valence-corrected chi connectivity index (χ1v) is 7.87. The molecule has 0 radical (unpaired) electrons. The second kappa shape index (κ2) is 7.30. The van der Waals surface area contributed by atoms with E-state index in [-0.39, 0.29) is 5.91 Å². The number of aryl methyl sites for hydroxylation is 1. The quantitative estimate of drug-likeness (QED) is 0.801. The number of benzene rings is 1. The summed E-state index contributed by atoms with van der Waals surface area (Å²) in [7, 11) is 0. The van der Waals surface area contributed by atoms with Crippen LogP contribution in [0, 0.1) is 6.92 Å². The van der Waals surface area contributed by atoms with Crippen LogP contribution in [-0.4, -0.2) is 54.3 Å². The topological polar surface area (TPSA) is 23.6 Å². The average Bonchev–Trinajstić information content (AvgIpc) is 2.67. The highest BCUT2D eigenvalue weighted by Crippen LogP contribution is 2.22. The first kappa shape index (κ1) is 15.6. The third-order valence-corrected chi connectivity index (χ3v) is 4.37. The Balaban J connectivity index is 2.07. The van der Waals surface area contributed by atoms with Gasteiger partial charge in [-0.2, -0.15) is 0 Å². The first-order valence-electron chi connectivity index (χ1n) is 6.96. The van der Waals surface area contributed by atoms with Crippen LogP contribution in [-0.2, 0) is 0 Å². The Labute approximate surface area is 130 Å². The maximum absolute atomic E-state index is 12.6. The number of rotatable bonds is 3. The van der Waals surface area contributed by atoms with Gasteiger partial charge in [-0.3, -0.25) is 4.79 Å². The molecular formula is C15H20Cl2N2O. The number of alkyl halides is 1. The van der Waals surface area contributed by atoms with Crippen LogP contribution in [0.5, 0.6) is 0 Å². The standard InChI is InChI=1S/C15H20Cl2N2O/c1-12-4-2-5-13(14(12)17)15(20)19-8-3-7-18(9-6-16)10-11-19/h2,4-5H,3,6-11H2,1H3. The molecule has 1 amide bonds. The number of hydrogen-bond acceptors (Lipinski definition) is 2. The lowest BCUT2D eigenvalue weighted by Crippen LogP contribution is -2.35. The fourth-order valence-electron chi connectivity index (χ4n) is 2.50. The third-order valence-electron chi connectivity index (χ3n) is 3.70. The van der Waals surface area contributed by atoms with Crippen LogP contribution in [0.1, 0.15) is 22.3 Å². The summed E-state index contributed by atoms with van der Waals surface area (Å²) in [4.78, 5) is 16.8. The molecule has 1 aliphatic rings. The second-order valence-corrected chi connectivity index (χ2v) is 5.87. The van der Waals surface area contributed by atoms with Gasteiger partial charge in [0.05, 0.1) is 10.6 Å². The van der Waals surface area contributed by atoms with E-state index in [0.29, 0.717) is 16.5 Å². The molecule has 1 aliphatic heterocycles. The lowest BCUT2D eigenvalue weighted by Gasteiger charge is -2.22. The van der Waals surface area contributed by atoms with Crippen molar-refractivity contribution in [3.8, 4) is 0 Å². The Morgan fingerprint density at radius 2 is 2.05 bits per heavy atom. The van der Waals surface area contributed by atoms with Crippen molar-refractivity contribution < 1.29 is 4.79 Å². The van der Waals surface area contributed by atoms with Gasteiger partial charge in [0.1, 0.15) is 0 Å². The largest absolute Gasteiger partial charge is 0.337 e. The zero-order valence-electron chi connectivity index (χ0n) is 11.7. The predicted octanol–water partition coefficient (Wildman–Crippen LogP) is 3.04. The fraction of sp³-hybridized carbons (Fsp3) is 0.533. The summed E-state index contributed by atoms with van der Waals surface area (Å²) in [5.74, 6) is 0.670. The Hall–Kier alpha value is -0.770. The predicted molar refractivity (Wildman–Crippen MR) is 83.9 cm³/mol. The molecule has 2 rings (SSSR count). The van der Waals surface area contributed by atoms with Gasteiger partial charge in [0.2, 0.25) is 0 Å². The van der Waals surface area contributed by atoms with Crippen LogP contribution in [0.25, 0.3) is 0 Å². The van der Waals surface area contributed by atoms with Crippen molar-refractivity contribution in [1.82, 2.24) is 9.80 Å². The number of amides is 1. The molecule has 1 fully saturated rings. The molecule has 0 aromatic heterocycles. The van der Waals surface area contributed by atoms with Crippen molar-refractivity contribution in [2.24, 2.45) is 0 Å². The molecular weight excluding hydrogens is 295 g/mol. The summed E-state index contributed by atoms with van der Waals surface area (Å²) in [5.41, 5.74) is 1.55. The molecule has 110 valence electrons. The van der Waals surface area contributed by atoms with E-state index in [4.69, 9.17) is 23.2 Å². The Kier molecular flexibility index (Phi) is 5.70. The van der Waals surface area contributed by atoms with E-state index in [2.05, 4.69) is 4.90 Å². The minimum atomic E-state index is 0.0337. The van der Waals surface area contributed by atoms with E-state index >= 15 is 0 Å². The van der Waals surface area contributed by atoms with Gasteiger partial charge >= 0.3 is 0 Å². The molecule has 20 heavy (non-hydrogen) atoms.